The molecule has 8 heteroatoms. The van der Waals surface area contributed by atoms with E-state index >= 15 is 0 Å². The normalized spacial score (nSPS) is 15.3. The number of amides is 1. The summed E-state index contributed by atoms with van der Waals surface area (Å²) in [6.45, 7) is 6.86. The molecule has 0 spiro atoms. The van der Waals surface area contributed by atoms with E-state index in [1.54, 1.807) is 35.2 Å². The zero-order valence-corrected chi connectivity index (χ0v) is 17.5. The van der Waals surface area contributed by atoms with E-state index in [0.717, 1.165) is 29.0 Å². The molecule has 0 aliphatic carbocycles. The standard InChI is InChI=1S/C21H24N4O3S/c1-21(2,3)20-22-17-11-6-14(13-18(17)23-20)24-29(27,28)16-9-7-15(8-10-16)25-12-4-5-19(25)26/h6-11,13,24H,4-5,12H2,1-3H3,(H,22,23). The van der Waals surface area contributed by atoms with Crippen LogP contribution in [0.25, 0.3) is 11.0 Å². The SMILES string of the molecule is CC(C)(C)c1nc2ccc(NS(=O)(=O)c3ccc(N4CCCC4=O)cc3)cc2[nH]1. The monoisotopic (exact) mass is 412 g/mol. The van der Waals surface area contributed by atoms with Crippen molar-refractivity contribution in [1.29, 1.82) is 0 Å². The lowest BCUT2D eigenvalue weighted by molar-refractivity contribution is -0.117. The molecule has 1 aromatic heterocycles. The third kappa shape index (κ3) is 3.85. The molecule has 1 fully saturated rings. The minimum atomic E-state index is -3.75. The van der Waals surface area contributed by atoms with E-state index in [-0.39, 0.29) is 16.2 Å². The van der Waals surface area contributed by atoms with Crippen LogP contribution < -0.4 is 9.62 Å². The summed E-state index contributed by atoms with van der Waals surface area (Å²) >= 11 is 0. The second-order valence-electron chi connectivity index (χ2n) is 8.32. The molecule has 0 atom stereocenters. The molecule has 1 saturated heterocycles. The van der Waals surface area contributed by atoms with Gasteiger partial charge in [-0.2, -0.15) is 0 Å². The van der Waals surface area contributed by atoms with Crippen molar-refractivity contribution < 1.29 is 13.2 Å². The molecule has 2 N–H and O–H groups in total. The van der Waals surface area contributed by atoms with Crippen LogP contribution in [0, 0.1) is 0 Å². The van der Waals surface area contributed by atoms with Crippen molar-refractivity contribution in [1.82, 2.24) is 9.97 Å². The summed E-state index contributed by atoms with van der Waals surface area (Å²) in [7, 11) is -3.75. The van der Waals surface area contributed by atoms with Gasteiger partial charge in [0.2, 0.25) is 5.91 Å². The molecule has 0 saturated carbocycles. The van der Waals surface area contributed by atoms with Gasteiger partial charge in [-0.15, -0.1) is 0 Å². The molecule has 2 heterocycles. The van der Waals surface area contributed by atoms with Crippen LogP contribution >= 0.6 is 0 Å². The molecule has 1 aliphatic rings. The molecule has 3 aromatic rings. The molecule has 0 bridgehead atoms. The summed E-state index contributed by atoms with van der Waals surface area (Å²) in [5.74, 6) is 0.917. The van der Waals surface area contributed by atoms with Crippen molar-refractivity contribution in [2.24, 2.45) is 0 Å². The van der Waals surface area contributed by atoms with Gasteiger partial charge in [0.1, 0.15) is 5.82 Å². The van der Waals surface area contributed by atoms with E-state index < -0.39 is 10.0 Å². The van der Waals surface area contributed by atoms with Gasteiger partial charge in [-0.1, -0.05) is 20.8 Å². The Bertz CT molecular complexity index is 1170. The highest BCUT2D eigenvalue weighted by atomic mass is 32.2. The first-order valence-corrected chi connectivity index (χ1v) is 11.1. The maximum atomic E-state index is 12.8. The predicted molar refractivity (Wildman–Crippen MR) is 114 cm³/mol. The minimum absolute atomic E-state index is 0.0706. The van der Waals surface area contributed by atoms with E-state index in [4.69, 9.17) is 0 Å². The molecule has 2 aromatic carbocycles. The Morgan fingerprint density at radius 3 is 2.45 bits per heavy atom. The number of H-pyrrole nitrogens is 1. The van der Waals surface area contributed by atoms with Gasteiger partial charge in [-0.25, -0.2) is 13.4 Å². The highest BCUT2D eigenvalue weighted by Crippen LogP contribution is 2.27. The topological polar surface area (TPSA) is 95.2 Å². The summed E-state index contributed by atoms with van der Waals surface area (Å²) in [5.41, 5.74) is 2.62. The molecule has 1 amide bonds. The van der Waals surface area contributed by atoms with E-state index in [0.29, 0.717) is 18.7 Å². The van der Waals surface area contributed by atoms with Gasteiger partial charge >= 0.3 is 0 Å². The van der Waals surface area contributed by atoms with Crippen molar-refractivity contribution in [2.75, 3.05) is 16.2 Å². The first kappa shape index (κ1) is 19.4. The summed E-state index contributed by atoms with van der Waals surface area (Å²) in [5, 5.41) is 0. The number of anilines is 2. The quantitative estimate of drug-likeness (QED) is 0.682. The Kier molecular flexibility index (Phi) is 4.61. The van der Waals surface area contributed by atoms with Gasteiger partial charge in [0.05, 0.1) is 21.6 Å². The first-order valence-electron chi connectivity index (χ1n) is 9.57. The Morgan fingerprint density at radius 2 is 1.83 bits per heavy atom. The number of aromatic nitrogens is 2. The van der Waals surface area contributed by atoms with E-state index in [1.165, 1.54) is 12.1 Å². The number of sulfonamides is 1. The van der Waals surface area contributed by atoms with Gasteiger partial charge in [-0.3, -0.25) is 9.52 Å². The summed E-state index contributed by atoms with van der Waals surface area (Å²) in [6.07, 6.45) is 1.36. The minimum Gasteiger partial charge on any atom is -0.341 e. The summed E-state index contributed by atoms with van der Waals surface area (Å²) < 4.78 is 28.2. The number of aromatic amines is 1. The van der Waals surface area contributed by atoms with Gasteiger partial charge in [-0.05, 0) is 48.9 Å². The first-order chi connectivity index (χ1) is 13.6. The Hall–Kier alpha value is -2.87. The largest absolute Gasteiger partial charge is 0.341 e. The van der Waals surface area contributed by atoms with Gasteiger partial charge in [0.15, 0.2) is 0 Å². The molecular weight excluding hydrogens is 388 g/mol. The molecule has 4 rings (SSSR count). The fraction of sp³-hybridized carbons (Fsp3) is 0.333. The molecule has 1 aliphatic heterocycles. The molecular formula is C21H24N4O3S. The zero-order valence-electron chi connectivity index (χ0n) is 16.7. The number of hydrogen-bond acceptors (Lipinski definition) is 4. The maximum Gasteiger partial charge on any atom is 0.261 e. The molecule has 152 valence electrons. The van der Waals surface area contributed by atoms with E-state index in [2.05, 4.69) is 35.5 Å². The third-order valence-electron chi connectivity index (χ3n) is 4.98. The van der Waals surface area contributed by atoms with Gasteiger partial charge in [0, 0.05) is 24.1 Å². The Morgan fingerprint density at radius 1 is 1.10 bits per heavy atom. The smallest absolute Gasteiger partial charge is 0.261 e. The number of nitrogens with one attached hydrogen (secondary N) is 2. The highest BCUT2D eigenvalue weighted by Gasteiger charge is 2.23. The number of imidazole rings is 1. The van der Waals surface area contributed by atoms with Crippen LogP contribution in [0.4, 0.5) is 11.4 Å². The average molecular weight is 413 g/mol. The second kappa shape index (κ2) is 6.88. The van der Waals surface area contributed by atoms with Gasteiger partial charge < -0.3 is 9.88 Å². The maximum absolute atomic E-state index is 12.8. The van der Waals surface area contributed by atoms with Crippen molar-refractivity contribution in [3.8, 4) is 0 Å². The summed E-state index contributed by atoms with van der Waals surface area (Å²) in [6, 6.07) is 11.6. The fourth-order valence-corrected chi connectivity index (χ4v) is 4.42. The molecule has 0 unspecified atom stereocenters. The van der Waals surface area contributed by atoms with Crippen LogP contribution in [-0.4, -0.2) is 30.8 Å². The highest BCUT2D eigenvalue weighted by molar-refractivity contribution is 7.92. The van der Waals surface area contributed by atoms with Crippen LogP contribution in [0.3, 0.4) is 0 Å². The van der Waals surface area contributed by atoms with Crippen LogP contribution in [-0.2, 0) is 20.2 Å². The number of carbonyl (C=O) groups is 1. The molecule has 7 nitrogen and oxygen atoms in total. The van der Waals surface area contributed by atoms with Crippen LogP contribution in [0.5, 0.6) is 0 Å². The van der Waals surface area contributed by atoms with Gasteiger partial charge in [0.25, 0.3) is 10.0 Å². The van der Waals surface area contributed by atoms with E-state index in [1.807, 2.05) is 0 Å². The van der Waals surface area contributed by atoms with E-state index in [9.17, 15) is 13.2 Å². The summed E-state index contributed by atoms with van der Waals surface area (Å²) in [4.78, 5) is 21.5. The molecule has 0 radical (unpaired) electrons. The predicted octanol–water partition coefficient (Wildman–Crippen LogP) is 3.79. The third-order valence-corrected chi connectivity index (χ3v) is 6.37. The van der Waals surface area contributed by atoms with Crippen LogP contribution in [0.2, 0.25) is 0 Å². The fourth-order valence-electron chi connectivity index (χ4n) is 3.37. The lowest BCUT2D eigenvalue weighted by Crippen LogP contribution is -2.23. The number of nitrogens with zero attached hydrogens (tertiary/aromatic N) is 2. The number of benzene rings is 2. The zero-order chi connectivity index (χ0) is 20.8. The number of fused-ring (bicyclic) bond motifs is 1. The number of rotatable bonds is 4. The average Bonchev–Trinajstić information content (AvgIpc) is 3.27. The number of hydrogen-bond donors (Lipinski definition) is 2. The lowest BCUT2D eigenvalue weighted by Gasteiger charge is -2.16. The second-order valence-corrected chi connectivity index (χ2v) is 10.00. The number of carbonyl (C=O) groups excluding carboxylic acids is 1. The van der Waals surface area contributed by atoms with Crippen molar-refractivity contribution in [3.63, 3.8) is 0 Å². The lowest BCUT2D eigenvalue weighted by atomic mass is 9.96. The molecule has 29 heavy (non-hydrogen) atoms. The van der Waals surface area contributed by atoms with Crippen molar-refractivity contribution in [2.45, 2.75) is 43.9 Å². The van der Waals surface area contributed by atoms with Crippen LogP contribution in [0.15, 0.2) is 47.4 Å². The van der Waals surface area contributed by atoms with Crippen LogP contribution in [0.1, 0.15) is 39.4 Å². The van der Waals surface area contributed by atoms with Crippen molar-refractivity contribution in [3.05, 3.63) is 48.3 Å². The van der Waals surface area contributed by atoms with Crippen molar-refractivity contribution >= 4 is 38.3 Å². The Labute approximate surface area is 170 Å². The Balaban J connectivity index is 1.57.